The molecule has 2 aromatic rings. The Kier molecular flexibility index (Phi) is 5.35. The van der Waals surface area contributed by atoms with Gasteiger partial charge in [0.25, 0.3) is 5.91 Å². The van der Waals surface area contributed by atoms with Gasteiger partial charge in [-0.1, -0.05) is 0 Å². The SMILES string of the molecule is Cc1nc(N(C)C)ncc1C(=O)Nc1ccc(N2CCCCC2)c(F)c1. The van der Waals surface area contributed by atoms with Gasteiger partial charge < -0.3 is 15.1 Å². The number of hydrogen-bond donors (Lipinski definition) is 1. The lowest BCUT2D eigenvalue weighted by atomic mass is 10.1. The molecule has 7 heteroatoms. The van der Waals surface area contributed by atoms with E-state index in [9.17, 15) is 9.18 Å². The van der Waals surface area contributed by atoms with E-state index in [2.05, 4.69) is 20.2 Å². The zero-order valence-electron chi connectivity index (χ0n) is 15.4. The zero-order chi connectivity index (χ0) is 18.7. The molecule has 138 valence electrons. The van der Waals surface area contributed by atoms with Crippen LogP contribution in [0.5, 0.6) is 0 Å². The highest BCUT2D eigenvalue weighted by Crippen LogP contribution is 2.26. The van der Waals surface area contributed by atoms with Crippen molar-refractivity contribution in [3.63, 3.8) is 0 Å². The predicted octanol–water partition coefficient (Wildman–Crippen LogP) is 3.23. The number of aryl methyl sites for hydroxylation is 1. The van der Waals surface area contributed by atoms with E-state index in [1.54, 1.807) is 24.0 Å². The summed E-state index contributed by atoms with van der Waals surface area (Å²) < 4.78 is 14.5. The summed E-state index contributed by atoms with van der Waals surface area (Å²) in [7, 11) is 3.67. The van der Waals surface area contributed by atoms with Crippen LogP contribution in [0.15, 0.2) is 24.4 Å². The largest absolute Gasteiger partial charge is 0.369 e. The number of carbonyl (C=O) groups is 1. The fourth-order valence-corrected chi connectivity index (χ4v) is 3.07. The Hall–Kier alpha value is -2.70. The number of piperidine rings is 1. The van der Waals surface area contributed by atoms with Crippen LogP contribution in [0.25, 0.3) is 0 Å². The van der Waals surface area contributed by atoms with Crippen molar-refractivity contribution in [2.45, 2.75) is 26.2 Å². The summed E-state index contributed by atoms with van der Waals surface area (Å²) in [5.74, 6) is -0.130. The average Bonchev–Trinajstić information content (AvgIpc) is 2.62. The number of benzene rings is 1. The number of nitrogens with zero attached hydrogens (tertiary/aromatic N) is 4. The highest BCUT2D eigenvalue weighted by molar-refractivity contribution is 6.04. The Labute approximate surface area is 153 Å². The van der Waals surface area contributed by atoms with Crippen LogP contribution in [0.3, 0.4) is 0 Å². The molecule has 0 aliphatic carbocycles. The van der Waals surface area contributed by atoms with Crippen molar-refractivity contribution >= 4 is 23.2 Å². The van der Waals surface area contributed by atoms with Gasteiger partial charge in [-0.05, 0) is 44.4 Å². The van der Waals surface area contributed by atoms with E-state index in [1.807, 2.05) is 14.1 Å². The van der Waals surface area contributed by atoms with Gasteiger partial charge in [-0.3, -0.25) is 4.79 Å². The van der Waals surface area contributed by atoms with Crippen LogP contribution in [-0.4, -0.2) is 43.1 Å². The second-order valence-electron chi connectivity index (χ2n) is 6.73. The fourth-order valence-electron chi connectivity index (χ4n) is 3.07. The number of halogens is 1. The van der Waals surface area contributed by atoms with Crippen molar-refractivity contribution in [3.05, 3.63) is 41.5 Å². The van der Waals surface area contributed by atoms with Gasteiger partial charge in [0.1, 0.15) is 5.82 Å². The minimum atomic E-state index is -0.349. The van der Waals surface area contributed by atoms with E-state index < -0.39 is 0 Å². The highest BCUT2D eigenvalue weighted by atomic mass is 19.1. The molecular weight excluding hydrogens is 333 g/mol. The number of anilines is 3. The molecule has 26 heavy (non-hydrogen) atoms. The third kappa shape index (κ3) is 3.92. The average molecular weight is 357 g/mol. The summed E-state index contributed by atoms with van der Waals surface area (Å²) in [6, 6.07) is 4.83. The first-order valence-electron chi connectivity index (χ1n) is 8.82. The third-order valence-corrected chi connectivity index (χ3v) is 4.51. The Morgan fingerprint density at radius 2 is 1.96 bits per heavy atom. The lowest BCUT2D eigenvalue weighted by Crippen LogP contribution is -2.30. The summed E-state index contributed by atoms with van der Waals surface area (Å²) in [5.41, 5.74) is 1.96. The molecular formula is C19H24FN5O. The molecule has 2 heterocycles. The van der Waals surface area contributed by atoms with E-state index in [1.165, 1.54) is 18.7 Å². The molecule has 0 spiro atoms. The number of rotatable bonds is 4. The second kappa shape index (κ2) is 7.68. The van der Waals surface area contributed by atoms with E-state index in [-0.39, 0.29) is 11.7 Å². The monoisotopic (exact) mass is 357 g/mol. The van der Waals surface area contributed by atoms with Crippen molar-refractivity contribution in [1.82, 2.24) is 9.97 Å². The minimum Gasteiger partial charge on any atom is -0.369 e. The Bertz CT molecular complexity index is 803. The molecule has 1 aromatic carbocycles. The van der Waals surface area contributed by atoms with Gasteiger partial charge in [0, 0.05) is 39.1 Å². The Balaban J connectivity index is 1.74. The first-order chi connectivity index (χ1) is 12.5. The number of nitrogens with one attached hydrogen (secondary N) is 1. The number of amides is 1. The summed E-state index contributed by atoms with van der Waals surface area (Å²) >= 11 is 0. The van der Waals surface area contributed by atoms with Gasteiger partial charge >= 0.3 is 0 Å². The molecule has 0 bridgehead atoms. The van der Waals surface area contributed by atoms with Crippen LogP contribution in [0.1, 0.15) is 35.3 Å². The lowest BCUT2D eigenvalue weighted by Gasteiger charge is -2.29. The molecule has 1 aliphatic rings. The lowest BCUT2D eigenvalue weighted by molar-refractivity contribution is 0.102. The van der Waals surface area contributed by atoms with Crippen LogP contribution >= 0.6 is 0 Å². The van der Waals surface area contributed by atoms with Crippen molar-refractivity contribution in [2.75, 3.05) is 42.3 Å². The van der Waals surface area contributed by atoms with Gasteiger partial charge in [-0.25, -0.2) is 14.4 Å². The van der Waals surface area contributed by atoms with Crippen LogP contribution < -0.4 is 15.1 Å². The molecule has 1 saturated heterocycles. The summed E-state index contributed by atoms with van der Waals surface area (Å²) in [5, 5.41) is 2.73. The normalized spacial score (nSPS) is 14.2. The van der Waals surface area contributed by atoms with Crippen molar-refractivity contribution in [2.24, 2.45) is 0 Å². The molecule has 1 aliphatic heterocycles. The van der Waals surface area contributed by atoms with Gasteiger partial charge in [-0.2, -0.15) is 0 Å². The molecule has 1 N–H and O–H groups in total. The van der Waals surface area contributed by atoms with Crippen LogP contribution in [0, 0.1) is 12.7 Å². The molecule has 1 aromatic heterocycles. The quantitative estimate of drug-likeness (QED) is 0.910. The van der Waals surface area contributed by atoms with Gasteiger partial charge in [0.05, 0.1) is 16.9 Å². The maximum absolute atomic E-state index is 14.5. The molecule has 6 nitrogen and oxygen atoms in total. The highest BCUT2D eigenvalue weighted by Gasteiger charge is 2.17. The Morgan fingerprint density at radius 3 is 2.58 bits per heavy atom. The number of hydrogen-bond acceptors (Lipinski definition) is 5. The summed E-state index contributed by atoms with van der Waals surface area (Å²) in [6.45, 7) is 3.50. The standard InChI is InChI=1S/C19H24FN5O/c1-13-15(12-21-19(22-13)24(2)3)18(26)23-14-7-8-17(16(20)11-14)25-9-5-4-6-10-25/h7-8,11-12H,4-6,9-10H2,1-3H3,(H,23,26). The van der Waals surface area contributed by atoms with Gasteiger partial charge in [-0.15, -0.1) is 0 Å². The molecule has 0 radical (unpaired) electrons. The Morgan fingerprint density at radius 1 is 1.23 bits per heavy atom. The molecule has 0 unspecified atom stereocenters. The smallest absolute Gasteiger partial charge is 0.259 e. The van der Waals surface area contributed by atoms with Gasteiger partial charge in [0.2, 0.25) is 5.95 Å². The number of carbonyl (C=O) groups excluding carboxylic acids is 1. The molecule has 3 rings (SSSR count). The predicted molar refractivity (Wildman–Crippen MR) is 102 cm³/mol. The molecule has 1 amide bonds. The van der Waals surface area contributed by atoms with Crippen LogP contribution in [0.2, 0.25) is 0 Å². The number of aromatic nitrogens is 2. The zero-order valence-corrected chi connectivity index (χ0v) is 15.4. The molecule has 0 atom stereocenters. The first-order valence-corrected chi connectivity index (χ1v) is 8.82. The maximum atomic E-state index is 14.5. The van der Waals surface area contributed by atoms with E-state index in [0.717, 1.165) is 25.9 Å². The van der Waals surface area contributed by atoms with E-state index >= 15 is 0 Å². The summed E-state index contributed by atoms with van der Waals surface area (Å²) in [4.78, 5) is 24.8. The third-order valence-electron chi connectivity index (χ3n) is 4.51. The van der Waals surface area contributed by atoms with Gasteiger partial charge in [0.15, 0.2) is 0 Å². The van der Waals surface area contributed by atoms with Crippen LogP contribution in [0.4, 0.5) is 21.7 Å². The second-order valence-corrected chi connectivity index (χ2v) is 6.73. The molecule has 1 fully saturated rings. The van der Waals surface area contributed by atoms with Crippen molar-refractivity contribution < 1.29 is 9.18 Å². The van der Waals surface area contributed by atoms with Crippen molar-refractivity contribution in [1.29, 1.82) is 0 Å². The van der Waals surface area contributed by atoms with Crippen molar-refractivity contribution in [3.8, 4) is 0 Å². The minimum absolute atomic E-state index is 0.319. The fraction of sp³-hybridized carbons (Fsp3) is 0.421. The molecule has 0 saturated carbocycles. The first kappa shape index (κ1) is 18.1. The van der Waals surface area contributed by atoms with Crippen LogP contribution in [-0.2, 0) is 0 Å². The topological polar surface area (TPSA) is 61.4 Å². The summed E-state index contributed by atoms with van der Waals surface area (Å²) in [6.07, 6.45) is 4.85. The van der Waals surface area contributed by atoms with E-state index in [4.69, 9.17) is 0 Å². The maximum Gasteiger partial charge on any atom is 0.259 e. The van der Waals surface area contributed by atoms with E-state index in [0.29, 0.717) is 28.6 Å².